The van der Waals surface area contributed by atoms with Crippen LogP contribution in [0.25, 0.3) is 0 Å². The highest BCUT2D eigenvalue weighted by Crippen LogP contribution is 2.24. The molecule has 0 aliphatic carbocycles. The fraction of sp³-hybridized carbons (Fsp3) is 0.417. The maximum atomic E-state index is 11.9. The summed E-state index contributed by atoms with van der Waals surface area (Å²) in [5, 5.41) is 6.66. The number of benzene rings is 2. The van der Waals surface area contributed by atoms with Crippen LogP contribution in [0.1, 0.15) is 30.9 Å². The van der Waals surface area contributed by atoms with Gasteiger partial charge in [0.25, 0.3) is 0 Å². The van der Waals surface area contributed by atoms with Crippen molar-refractivity contribution in [2.45, 2.75) is 32.7 Å². The Morgan fingerprint density at radius 2 is 1.90 bits per heavy atom. The molecule has 1 fully saturated rings. The van der Waals surface area contributed by atoms with Gasteiger partial charge in [0.05, 0.1) is 20.8 Å². The van der Waals surface area contributed by atoms with Crippen molar-refractivity contribution in [2.24, 2.45) is 4.99 Å². The molecule has 166 valence electrons. The van der Waals surface area contributed by atoms with E-state index in [1.807, 2.05) is 54.3 Å². The molecular formula is C24H32N4O3. The Bertz CT molecular complexity index is 896. The Labute approximate surface area is 184 Å². The van der Waals surface area contributed by atoms with Gasteiger partial charge in [0.2, 0.25) is 5.91 Å². The Balaban J connectivity index is 1.57. The van der Waals surface area contributed by atoms with Crippen LogP contribution in [-0.2, 0) is 17.8 Å². The van der Waals surface area contributed by atoms with Gasteiger partial charge in [0, 0.05) is 31.7 Å². The molecule has 1 heterocycles. The van der Waals surface area contributed by atoms with Crippen LogP contribution < -0.4 is 25.0 Å². The molecule has 1 amide bonds. The predicted molar refractivity (Wildman–Crippen MR) is 124 cm³/mol. The first kappa shape index (κ1) is 22.5. The van der Waals surface area contributed by atoms with Gasteiger partial charge < -0.3 is 25.0 Å². The van der Waals surface area contributed by atoms with Gasteiger partial charge in [-0.05, 0) is 61.2 Å². The van der Waals surface area contributed by atoms with Crippen LogP contribution in [0.5, 0.6) is 11.5 Å². The lowest BCUT2D eigenvalue weighted by Gasteiger charge is -2.16. The van der Waals surface area contributed by atoms with E-state index in [-0.39, 0.29) is 5.91 Å². The van der Waals surface area contributed by atoms with Crippen LogP contribution in [0, 0.1) is 0 Å². The summed E-state index contributed by atoms with van der Waals surface area (Å²) in [7, 11) is 3.34. The second kappa shape index (κ2) is 11.2. The number of hydrogen-bond acceptors (Lipinski definition) is 4. The zero-order valence-electron chi connectivity index (χ0n) is 18.6. The minimum atomic E-state index is 0.206. The number of guanidine groups is 1. The van der Waals surface area contributed by atoms with Gasteiger partial charge in [-0.3, -0.25) is 4.79 Å². The number of methoxy groups -OCH3 is 2. The molecule has 0 aromatic heterocycles. The van der Waals surface area contributed by atoms with Crippen molar-refractivity contribution in [1.82, 2.24) is 10.6 Å². The average Bonchev–Trinajstić information content (AvgIpc) is 3.23. The highest BCUT2D eigenvalue weighted by atomic mass is 16.5. The number of ether oxygens (including phenoxy) is 2. The largest absolute Gasteiger partial charge is 0.497 e. The quantitative estimate of drug-likeness (QED) is 0.478. The topological polar surface area (TPSA) is 75.2 Å². The van der Waals surface area contributed by atoms with Gasteiger partial charge in [-0.25, -0.2) is 4.99 Å². The Hall–Kier alpha value is -3.22. The van der Waals surface area contributed by atoms with Gasteiger partial charge in [-0.15, -0.1) is 0 Å². The van der Waals surface area contributed by atoms with Gasteiger partial charge in [0.15, 0.2) is 5.96 Å². The SMILES string of the molecule is CCNC(=NCc1ccc(N2CCCC2=O)cc1)NCCc1cc(OC)ccc1OC. The maximum Gasteiger partial charge on any atom is 0.227 e. The molecule has 0 saturated carbocycles. The third-order valence-electron chi connectivity index (χ3n) is 5.26. The zero-order chi connectivity index (χ0) is 22.1. The molecule has 0 unspecified atom stereocenters. The van der Waals surface area contributed by atoms with E-state index in [9.17, 15) is 4.79 Å². The molecule has 1 aliphatic heterocycles. The molecule has 1 saturated heterocycles. The smallest absolute Gasteiger partial charge is 0.227 e. The van der Waals surface area contributed by atoms with Crippen molar-refractivity contribution in [3.05, 3.63) is 53.6 Å². The fourth-order valence-corrected chi connectivity index (χ4v) is 3.61. The zero-order valence-corrected chi connectivity index (χ0v) is 18.6. The molecule has 7 nitrogen and oxygen atoms in total. The first-order chi connectivity index (χ1) is 15.1. The molecule has 7 heteroatoms. The van der Waals surface area contributed by atoms with Crippen LogP contribution in [0.15, 0.2) is 47.5 Å². The molecule has 31 heavy (non-hydrogen) atoms. The third-order valence-corrected chi connectivity index (χ3v) is 5.26. The summed E-state index contributed by atoms with van der Waals surface area (Å²) >= 11 is 0. The minimum absolute atomic E-state index is 0.206. The second-order valence-electron chi connectivity index (χ2n) is 7.37. The molecule has 0 spiro atoms. The number of anilines is 1. The van der Waals surface area contributed by atoms with Gasteiger partial charge >= 0.3 is 0 Å². The molecule has 2 aromatic carbocycles. The monoisotopic (exact) mass is 424 g/mol. The maximum absolute atomic E-state index is 11.9. The number of aliphatic imine (C=N–C) groups is 1. The number of rotatable bonds is 9. The molecule has 0 atom stereocenters. The summed E-state index contributed by atoms with van der Waals surface area (Å²) in [5.74, 6) is 2.64. The fourth-order valence-electron chi connectivity index (χ4n) is 3.61. The minimum Gasteiger partial charge on any atom is -0.497 e. The summed E-state index contributed by atoms with van der Waals surface area (Å²) in [6, 6.07) is 13.9. The van der Waals surface area contributed by atoms with Crippen LogP contribution >= 0.6 is 0 Å². The summed E-state index contributed by atoms with van der Waals surface area (Å²) in [5.41, 5.74) is 3.15. The molecular weight excluding hydrogens is 392 g/mol. The summed E-state index contributed by atoms with van der Waals surface area (Å²) in [6.45, 7) is 4.91. The van der Waals surface area contributed by atoms with Crippen LogP contribution in [0.2, 0.25) is 0 Å². The summed E-state index contributed by atoms with van der Waals surface area (Å²) < 4.78 is 10.8. The van der Waals surface area contributed by atoms with E-state index in [0.717, 1.165) is 60.2 Å². The van der Waals surface area contributed by atoms with E-state index in [4.69, 9.17) is 14.5 Å². The van der Waals surface area contributed by atoms with E-state index >= 15 is 0 Å². The first-order valence-corrected chi connectivity index (χ1v) is 10.8. The highest BCUT2D eigenvalue weighted by Gasteiger charge is 2.21. The van der Waals surface area contributed by atoms with E-state index in [1.165, 1.54) is 0 Å². The van der Waals surface area contributed by atoms with E-state index in [2.05, 4.69) is 10.6 Å². The molecule has 0 radical (unpaired) electrons. The highest BCUT2D eigenvalue weighted by molar-refractivity contribution is 5.95. The third kappa shape index (κ3) is 6.13. The lowest BCUT2D eigenvalue weighted by molar-refractivity contribution is -0.117. The van der Waals surface area contributed by atoms with E-state index in [0.29, 0.717) is 19.5 Å². The van der Waals surface area contributed by atoms with Crippen molar-refractivity contribution < 1.29 is 14.3 Å². The van der Waals surface area contributed by atoms with Crippen molar-refractivity contribution in [3.63, 3.8) is 0 Å². The molecule has 0 bridgehead atoms. The number of amides is 1. The van der Waals surface area contributed by atoms with Crippen LogP contribution in [-0.4, -0.2) is 45.7 Å². The summed E-state index contributed by atoms with van der Waals surface area (Å²) in [6.07, 6.45) is 2.36. The lowest BCUT2D eigenvalue weighted by Crippen LogP contribution is -2.38. The number of carbonyl (C=O) groups excluding carboxylic acids is 1. The molecule has 2 aromatic rings. The Morgan fingerprint density at radius 3 is 2.55 bits per heavy atom. The standard InChI is InChI=1S/C24H32N4O3/c1-4-25-24(26-14-13-19-16-21(30-2)11-12-22(19)31-3)27-17-18-7-9-20(10-8-18)28-15-5-6-23(28)29/h7-12,16H,4-6,13-15,17H2,1-3H3,(H2,25,26,27). The Morgan fingerprint density at radius 1 is 1.10 bits per heavy atom. The number of hydrogen-bond donors (Lipinski definition) is 2. The normalized spacial score (nSPS) is 14.0. The second-order valence-corrected chi connectivity index (χ2v) is 7.37. The molecule has 2 N–H and O–H groups in total. The molecule has 3 rings (SSSR count). The average molecular weight is 425 g/mol. The Kier molecular flexibility index (Phi) is 8.15. The van der Waals surface area contributed by atoms with Crippen molar-refractivity contribution in [1.29, 1.82) is 0 Å². The van der Waals surface area contributed by atoms with Gasteiger partial charge in [-0.1, -0.05) is 12.1 Å². The van der Waals surface area contributed by atoms with Crippen molar-refractivity contribution in [2.75, 3.05) is 38.8 Å². The first-order valence-electron chi connectivity index (χ1n) is 10.8. The van der Waals surface area contributed by atoms with E-state index < -0.39 is 0 Å². The number of nitrogens with one attached hydrogen (secondary N) is 2. The van der Waals surface area contributed by atoms with Crippen LogP contribution in [0.4, 0.5) is 5.69 Å². The van der Waals surface area contributed by atoms with Crippen molar-refractivity contribution >= 4 is 17.6 Å². The van der Waals surface area contributed by atoms with Gasteiger partial charge in [0.1, 0.15) is 11.5 Å². The lowest BCUT2D eigenvalue weighted by atomic mass is 10.1. The van der Waals surface area contributed by atoms with E-state index in [1.54, 1.807) is 14.2 Å². The predicted octanol–water partition coefficient (Wildman–Crippen LogP) is 3.13. The van der Waals surface area contributed by atoms with Crippen molar-refractivity contribution in [3.8, 4) is 11.5 Å². The summed E-state index contributed by atoms with van der Waals surface area (Å²) in [4.78, 5) is 18.4. The number of carbonyl (C=O) groups is 1. The number of nitrogens with zero attached hydrogens (tertiary/aromatic N) is 2. The molecule has 1 aliphatic rings. The van der Waals surface area contributed by atoms with Gasteiger partial charge in [-0.2, -0.15) is 0 Å². The van der Waals surface area contributed by atoms with Crippen LogP contribution in [0.3, 0.4) is 0 Å².